The molecule has 1 rings (SSSR count). The number of para-hydroxylation sites is 1. The molecule has 0 radical (unpaired) electrons. The predicted octanol–water partition coefficient (Wildman–Crippen LogP) is 2.16. The van der Waals surface area contributed by atoms with Gasteiger partial charge in [-0.1, -0.05) is 19.1 Å². The molecule has 1 amide bonds. The summed E-state index contributed by atoms with van der Waals surface area (Å²) in [6, 6.07) is 5.36. The van der Waals surface area contributed by atoms with Gasteiger partial charge in [-0.15, -0.1) is 0 Å². The SMILES string of the molecule is CCC(=O)Nc1c(C)cccc1C(=C=O)OC. The number of hydrogen-bond acceptors (Lipinski definition) is 3. The van der Waals surface area contributed by atoms with Gasteiger partial charge in [0.25, 0.3) is 0 Å². The second-order valence-electron chi connectivity index (χ2n) is 3.53. The van der Waals surface area contributed by atoms with E-state index in [4.69, 9.17) is 4.74 Å². The molecule has 0 fully saturated rings. The highest BCUT2D eigenvalue weighted by atomic mass is 16.5. The number of hydrogen-bond donors (Lipinski definition) is 1. The van der Waals surface area contributed by atoms with Crippen LogP contribution >= 0.6 is 0 Å². The second-order valence-corrected chi connectivity index (χ2v) is 3.53. The quantitative estimate of drug-likeness (QED) is 0.640. The zero-order valence-corrected chi connectivity index (χ0v) is 10.2. The summed E-state index contributed by atoms with van der Waals surface area (Å²) in [7, 11) is 1.40. The van der Waals surface area contributed by atoms with Crippen LogP contribution in [0.2, 0.25) is 0 Å². The molecule has 0 aliphatic carbocycles. The van der Waals surface area contributed by atoms with Crippen LogP contribution in [0.1, 0.15) is 24.5 Å². The predicted molar refractivity (Wildman–Crippen MR) is 66.2 cm³/mol. The summed E-state index contributed by atoms with van der Waals surface area (Å²) in [5.41, 5.74) is 2.01. The van der Waals surface area contributed by atoms with Gasteiger partial charge in [-0.05, 0) is 18.6 Å². The smallest absolute Gasteiger partial charge is 0.224 e. The molecule has 4 heteroatoms. The fraction of sp³-hybridized carbons (Fsp3) is 0.308. The third-order valence-electron chi connectivity index (χ3n) is 2.40. The average Bonchev–Trinajstić information content (AvgIpc) is 2.34. The molecule has 1 N–H and O–H groups in total. The Morgan fingerprint density at radius 2 is 2.18 bits per heavy atom. The zero-order valence-electron chi connectivity index (χ0n) is 10.2. The fourth-order valence-corrected chi connectivity index (χ4v) is 1.46. The van der Waals surface area contributed by atoms with Crippen molar-refractivity contribution in [3.8, 4) is 0 Å². The maximum Gasteiger partial charge on any atom is 0.224 e. The topological polar surface area (TPSA) is 55.4 Å². The highest BCUT2D eigenvalue weighted by molar-refractivity contribution is 5.97. The van der Waals surface area contributed by atoms with E-state index in [2.05, 4.69) is 5.32 Å². The number of benzene rings is 1. The van der Waals surface area contributed by atoms with Crippen LogP contribution in [0.25, 0.3) is 5.76 Å². The normalized spacial score (nSPS) is 9.35. The van der Waals surface area contributed by atoms with E-state index in [0.717, 1.165) is 5.56 Å². The first-order chi connectivity index (χ1) is 8.13. The average molecular weight is 233 g/mol. The van der Waals surface area contributed by atoms with Crippen LogP contribution in [0.15, 0.2) is 18.2 Å². The van der Waals surface area contributed by atoms with Crippen LogP contribution in [-0.2, 0) is 14.3 Å². The van der Waals surface area contributed by atoms with Gasteiger partial charge in [-0.2, -0.15) is 0 Å². The van der Waals surface area contributed by atoms with Crippen LogP contribution < -0.4 is 5.32 Å². The molecule has 0 atom stereocenters. The van der Waals surface area contributed by atoms with Crippen molar-refractivity contribution in [1.29, 1.82) is 0 Å². The van der Waals surface area contributed by atoms with Gasteiger partial charge in [-0.3, -0.25) is 4.79 Å². The lowest BCUT2D eigenvalue weighted by molar-refractivity contribution is -0.115. The van der Waals surface area contributed by atoms with E-state index in [1.807, 2.05) is 13.0 Å². The number of methoxy groups -OCH3 is 1. The van der Waals surface area contributed by atoms with Crippen molar-refractivity contribution in [2.45, 2.75) is 20.3 Å². The van der Waals surface area contributed by atoms with Crippen molar-refractivity contribution < 1.29 is 14.3 Å². The standard InChI is InChI=1S/C13H15NO3/c1-4-12(16)14-13-9(2)6-5-7-10(13)11(8-15)17-3/h5-7H,4H2,1-3H3,(H,14,16). The van der Waals surface area contributed by atoms with E-state index in [1.165, 1.54) is 7.11 Å². The van der Waals surface area contributed by atoms with E-state index in [-0.39, 0.29) is 11.7 Å². The molecular weight excluding hydrogens is 218 g/mol. The van der Waals surface area contributed by atoms with E-state index >= 15 is 0 Å². The van der Waals surface area contributed by atoms with Crippen molar-refractivity contribution >= 4 is 23.3 Å². The first-order valence-corrected chi connectivity index (χ1v) is 5.33. The minimum Gasteiger partial charge on any atom is -0.486 e. The molecular formula is C13H15NO3. The maximum atomic E-state index is 11.4. The molecule has 0 aliphatic rings. The van der Waals surface area contributed by atoms with Gasteiger partial charge in [0.05, 0.1) is 18.4 Å². The first-order valence-electron chi connectivity index (χ1n) is 5.33. The number of anilines is 1. The van der Waals surface area contributed by atoms with Crippen molar-refractivity contribution in [3.05, 3.63) is 29.3 Å². The maximum absolute atomic E-state index is 11.4. The van der Waals surface area contributed by atoms with Gasteiger partial charge in [0.1, 0.15) is 0 Å². The molecule has 1 aromatic carbocycles. The van der Waals surface area contributed by atoms with Crippen molar-refractivity contribution in [2.75, 3.05) is 12.4 Å². The van der Waals surface area contributed by atoms with E-state index in [9.17, 15) is 9.59 Å². The van der Waals surface area contributed by atoms with Crippen molar-refractivity contribution in [2.24, 2.45) is 0 Å². The molecule has 0 aliphatic heterocycles. The van der Waals surface area contributed by atoms with E-state index < -0.39 is 0 Å². The largest absolute Gasteiger partial charge is 0.486 e. The number of ether oxygens (including phenoxy) is 1. The number of carbonyl (C=O) groups excluding carboxylic acids is 2. The third kappa shape index (κ3) is 2.95. The minimum atomic E-state index is -0.109. The lowest BCUT2D eigenvalue weighted by Crippen LogP contribution is -2.12. The summed E-state index contributed by atoms with van der Waals surface area (Å²) >= 11 is 0. The highest BCUT2D eigenvalue weighted by Gasteiger charge is 2.13. The number of aryl methyl sites for hydroxylation is 1. The molecule has 0 saturated heterocycles. The molecule has 0 saturated carbocycles. The summed E-state index contributed by atoms with van der Waals surface area (Å²) in [6.45, 7) is 3.62. The molecule has 90 valence electrons. The highest BCUT2D eigenvalue weighted by Crippen LogP contribution is 2.26. The Morgan fingerprint density at radius 3 is 2.71 bits per heavy atom. The fourth-order valence-electron chi connectivity index (χ4n) is 1.46. The molecule has 0 unspecified atom stereocenters. The molecule has 0 aromatic heterocycles. The molecule has 1 aromatic rings. The van der Waals surface area contributed by atoms with E-state index in [1.54, 1.807) is 25.0 Å². The number of carbonyl (C=O) groups is 1. The van der Waals surface area contributed by atoms with Crippen LogP contribution in [0, 0.1) is 6.92 Å². The monoisotopic (exact) mass is 233 g/mol. The molecule has 0 bridgehead atoms. The summed E-state index contributed by atoms with van der Waals surface area (Å²) in [6.07, 6.45) is 0.376. The van der Waals surface area contributed by atoms with Gasteiger partial charge in [-0.25, -0.2) is 4.79 Å². The van der Waals surface area contributed by atoms with Crippen LogP contribution in [0.5, 0.6) is 0 Å². The van der Waals surface area contributed by atoms with Gasteiger partial charge in [0.15, 0.2) is 5.94 Å². The zero-order chi connectivity index (χ0) is 12.8. The van der Waals surface area contributed by atoms with Gasteiger partial charge >= 0.3 is 0 Å². The number of rotatable bonds is 4. The van der Waals surface area contributed by atoms with Crippen molar-refractivity contribution in [3.63, 3.8) is 0 Å². The van der Waals surface area contributed by atoms with Gasteiger partial charge < -0.3 is 10.1 Å². The van der Waals surface area contributed by atoms with Crippen molar-refractivity contribution in [1.82, 2.24) is 0 Å². The Labute approximate surface area is 100 Å². The van der Waals surface area contributed by atoms with Crippen LogP contribution in [-0.4, -0.2) is 19.0 Å². The minimum absolute atomic E-state index is 0.0834. The molecule has 17 heavy (non-hydrogen) atoms. The molecule has 0 spiro atoms. The Balaban J connectivity index is 3.26. The van der Waals surface area contributed by atoms with Crippen LogP contribution in [0.3, 0.4) is 0 Å². The Kier molecular flexibility index (Phi) is 4.49. The summed E-state index contributed by atoms with van der Waals surface area (Å²) in [5, 5.41) is 2.76. The first kappa shape index (κ1) is 13.0. The molecule has 4 nitrogen and oxygen atoms in total. The second kappa shape index (κ2) is 5.87. The third-order valence-corrected chi connectivity index (χ3v) is 2.40. The summed E-state index contributed by atoms with van der Waals surface area (Å²) < 4.78 is 4.94. The Morgan fingerprint density at radius 1 is 1.47 bits per heavy atom. The lowest BCUT2D eigenvalue weighted by atomic mass is 10.1. The Bertz CT molecular complexity index is 474. The molecule has 0 heterocycles. The summed E-state index contributed by atoms with van der Waals surface area (Å²) in [5.74, 6) is 1.69. The number of amides is 1. The van der Waals surface area contributed by atoms with Gasteiger partial charge in [0, 0.05) is 6.42 Å². The Hall–Kier alpha value is -2.06. The van der Waals surface area contributed by atoms with E-state index in [0.29, 0.717) is 17.7 Å². The lowest BCUT2D eigenvalue weighted by Gasteiger charge is -2.13. The summed E-state index contributed by atoms with van der Waals surface area (Å²) in [4.78, 5) is 22.2. The number of nitrogens with one attached hydrogen (secondary N) is 1. The van der Waals surface area contributed by atoms with Gasteiger partial charge in [0.2, 0.25) is 11.7 Å². The van der Waals surface area contributed by atoms with Crippen LogP contribution in [0.4, 0.5) is 5.69 Å².